The number of aromatic nitrogens is 5. The SMILES string of the molecule is Cc1noc(CCn2c(-c3ccccc3)n[nH]c2=S)n1. The van der Waals surface area contributed by atoms with Crippen molar-refractivity contribution in [1.82, 2.24) is 24.9 Å². The van der Waals surface area contributed by atoms with Gasteiger partial charge in [0.05, 0.1) is 0 Å². The molecule has 1 N–H and O–H groups in total. The summed E-state index contributed by atoms with van der Waals surface area (Å²) in [6.07, 6.45) is 0.620. The van der Waals surface area contributed by atoms with E-state index in [0.717, 1.165) is 11.4 Å². The Morgan fingerprint density at radius 2 is 2.10 bits per heavy atom. The van der Waals surface area contributed by atoms with Crippen LogP contribution in [0.3, 0.4) is 0 Å². The predicted molar refractivity (Wildman–Crippen MR) is 75.6 cm³/mol. The molecule has 1 aromatic carbocycles. The van der Waals surface area contributed by atoms with E-state index in [2.05, 4.69) is 20.3 Å². The van der Waals surface area contributed by atoms with Crippen LogP contribution in [0.15, 0.2) is 34.9 Å². The summed E-state index contributed by atoms with van der Waals surface area (Å²) < 4.78 is 7.63. The Labute approximate surface area is 120 Å². The van der Waals surface area contributed by atoms with Gasteiger partial charge in [0, 0.05) is 18.5 Å². The standard InChI is InChI=1S/C13H13N5OS/c1-9-14-11(19-17-9)7-8-18-12(15-16-13(18)20)10-5-3-2-4-6-10/h2-6H,7-8H2,1H3,(H,16,20). The molecule has 0 amide bonds. The van der Waals surface area contributed by atoms with E-state index < -0.39 is 0 Å². The van der Waals surface area contributed by atoms with Gasteiger partial charge in [-0.1, -0.05) is 35.5 Å². The van der Waals surface area contributed by atoms with Gasteiger partial charge in [0.25, 0.3) is 0 Å². The van der Waals surface area contributed by atoms with E-state index in [4.69, 9.17) is 16.7 Å². The summed E-state index contributed by atoms with van der Waals surface area (Å²) in [6, 6.07) is 9.91. The van der Waals surface area contributed by atoms with Gasteiger partial charge in [0.15, 0.2) is 16.4 Å². The maximum Gasteiger partial charge on any atom is 0.228 e. The number of hydrogen-bond donors (Lipinski definition) is 1. The summed E-state index contributed by atoms with van der Waals surface area (Å²) in [5.41, 5.74) is 1.02. The summed E-state index contributed by atoms with van der Waals surface area (Å²) in [7, 11) is 0. The number of hydrogen-bond acceptors (Lipinski definition) is 5. The number of H-pyrrole nitrogens is 1. The van der Waals surface area contributed by atoms with Crippen molar-refractivity contribution in [2.24, 2.45) is 0 Å². The number of rotatable bonds is 4. The van der Waals surface area contributed by atoms with E-state index in [1.54, 1.807) is 6.92 Å². The first-order valence-corrected chi connectivity index (χ1v) is 6.64. The number of nitrogens with one attached hydrogen (secondary N) is 1. The van der Waals surface area contributed by atoms with Crippen LogP contribution in [0.25, 0.3) is 11.4 Å². The summed E-state index contributed by atoms with van der Waals surface area (Å²) >= 11 is 5.27. The van der Waals surface area contributed by atoms with Crippen molar-refractivity contribution in [3.05, 3.63) is 46.8 Å². The molecule has 6 nitrogen and oxygen atoms in total. The van der Waals surface area contributed by atoms with Crippen molar-refractivity contribution in [3.63, 3.8) is 0 Å². The predicted octanol–water partition coefficient (Wildman–Crippen LogP) is 2.54. The zero-order valence-corrected chi connectivity index (χ0v) is 11.7. The number of aryl methyl sites for hydroxylation is 2. The van der Waals surface area contributed by atoms with Crippen LogP contribution in [0.4, 0.5) is 0 Å². The molecule has 0 atom stereocenters. The lowest BCUT2D eigenvalue weighted by molar-refractivity contribution is 0.368. The van der Waals surface area contributed by atoms with Crippen LogP contribution in [0.2, 0.25) is 0 Å². The van der Waals surface area contributed by atoms with E-state index in [1.807, 2.05) is 34.9 Å². The summed E-state index contributed by atoms with van der Waals surface area (Å²) in [5, 5.41) is 10.9. The largest absolute Gasteiger partial charge is 0.339 e. The Balaban J connectivity index is 1.86. The molecular formula is C13H13N5OS. The van der Waals surface area contributed by atoms with Crippen molar-refractivity contribution in [1.29, 1.82) is 0 Å². The minimum atomic E-state index is 0.583. The van der Waals surface area contributed by atoms with Crippen molar-refractivity contribution in [3.8, 4) is 11.4 Å². The first-order valence-electron chi connectivity index (χ1n) is 6.24. The first-order chi connectivity index (χ1) is 9.74. The van der Waals surface area contributed by atoms with Gasteiger partial charge in [-0.2, -0.15) is 10.1 Å². The molecule has 0 aliphatic carbocycles. The first kappa shape index (κ1) is 12.7. The molecule has 0 aliphatic heterocycles. The minimum Gasteiger partial charge on any atom is -0.339 e. The lowest BCUT2D eigenvalue weighted by atomic mass is 10.2. The van der Waals surface area contributed by atoms with Crippen molar-refractivity contribution < 1.29 is 4.52 Å². The van der Waals surface area contributed by atoms with Crippen molar-refractivity contribution in [2.45, 2.75) is 19.9 Å². The summed E-state index contributed by atoms with van der Waals surface area (Å²) in [4.78, 5) is 4.19. The van der Waals surface area contributed by atoms with Crippen LogP contribution < -0.4 is 0 Å². The maximum absolute atomic E-state index is 5.27. The van der Waals surface area contributed by atoms with Crippen LogP contribution in [0, 0.1) is 11.7 Å². The fourth-order valence-electron chi connectivity index (χ4n) is 1.98. The molecule has 0 radical (unpaired) electrons. The molecule has 0 fully saturated rings. The lowest BCUT2D eigenvalue weighted by Crippen LogP contribution is -2.04. The molecule has 0 saturated carbocycles. The maximum atomic E-state index is 5.27. The number of nitrogens with zero attached hydrogens (tertiary/aromatic N) is 4. The molecule has 2 heterocycles. The molecule has 3 rings (SSSR count). The fraction of sp³-hybridized carbons (Fsp3) is 0.231. The van der Waals surface area contributed by atoms with Crippen molar-refractivity contribution >= 4 is 12.2 Å². The molecular weight excluding hydrogens is 274 g/mol. The normalized spacial score (nSPS) is 10.8. The Morgan fingerprint density at radius 3 is 2.80 bits per heavy atom. The van der Waals surface area contributed by atoms with Gasteiger partial charge >= 0.3 is 0 Å². The molecule has 0 spiro atoms. The van der Waals surface area contributed by atoms with E-state index in [9.17, 15) is 0 Å². The highest BCUT2D eigenvalue weighted by molar-refractivity contribution is 7.71. The van der Waals surface area contributed by atoms with E-state index >= 15 is 0 Å². The smallest absolute Gasteiger partial charge is 0.228 e. The van der Waals surface area contributed by atoms with E-state index in [-0.39, 0.29) is 0 Å². The van der Waals surface area contributed by atoms with Gasteiger partial charge < -0.3 is 4.52 Å². The van der Waals surface area contributed by atoms with E-state index in [1.165, 1.54) is 0 Å². The quantitative estimate of drug-likeness (QED) is 0.746. The summed E-state index contributed by atoms with van der Waals surface area (Å²) in [5.74, 6) is 2.05. The second-order valence-corrected chi connectivity index (χ2v) is 4.74. The Hall–Kier alpha value is -2.28. The molecule has 0 unspecified atom stereocenters. The third-order valence-electron chi connectivity index (χ3n) is 2.91. The third kappa shape index (κ3) is 2.53. The van der Waals surface area contributed by atoms with Gasteiger partial charge in [-0.15, -0.1) is 0 Å². The fourth-order valence-corrected chi connectivity index (χ4v) is 2.21. The van der Waals surface area contributed by atoms with Crippen LogP contribution in [-0.4, -0.2) is 24.9 Å². The average molecular weight is 287 g/mol. The third-order valence-corrected chi connectivity index (χ3v) is 3.22. The van der Waals surface area contributed by atoms with Gasteiger partial charge in [0.1, 0.15) is 0 Å². The van der Waals surface area contributed by atoms with Gasteiger partial charge in [-0.3, -0.25) is 9.67 Å². The van der Waals surface area contributed by atoms with Crippen molar-refractivity contribution in [2.75, 3.05) is 0 Å². The van der Waals surface area contributed by atoms with Gasteiger partial charge in [-0.05, 0) is 19.1 Å². The van der Waals surface area contributed by atoms with Crippen LogP contribution >= 0.6 is 12.2 Å². The molecule has 0 aliphatic rings. The van der Waals surface area contributed by atoms with Gasteiger partial charge in [-0.25, -0.2) is 0 Å². The second kappa shape index (κ2) is 5.38. The zero-order chi connectivity index (χ0) is 13.9. The van der Waals surface area contributed by atoms with Crippen LogP contribution in [-0.2, 0) is 13.0 Å². The molecule has 102 valence electrons. The Bertz CT molecular complexity index is 758. The second-order valence-electron chi connectivity index (χ2n) is 4.36. The Kier molecular flexibility index (Phi) is 3.42. The molecule has 7 heteroatoms. The van der Waals surface area contributed by atoms with Crippen LogP contribution in [0.5, 0.6) is 0 Å². The molecule has 20 heavy (non-hydrogen) atoms. The lowest BCUT2D eigenvalue weighted by Gasteiger charge is -2.04. The highest BCUT2D eigenvalue weighted by atomic mass is 32.1. The summed E-state index contributed by atoms with van der Waals surface area (Å²) in [6.45, 7) is 2.44. The zero-order valence-electron chi connectivity index (χ0n) is 10.9. The van der Waals surface area contributed by atoms with E-state index in [0.29, 0.717) is 29.5 Å². The average Bonchev–Trinajstić information content (AvgIpc) is 3.04. The molecule has 0 bridgehead atoms. The number of aromatic amines is 1. The molecule has 3 aromatic rings. The highest BCUT2D eigenvalue weighted by Gasteiger charge is 2.10. The monoisotopic (exact) mass is 287 g/mol. The van der Waals surface area contributed by atoms with Gasteiger partial charge in [0.2, 0.25) is 5.89 Å². The molecule has 0 saturated heterocycles. The number of benzene rings is 1. The Morgan fingerprint density at radius 1 is 1.30 bits per heavy atom. The molecule has 2 aromatic heterocycles. The van der Waals surface area contributed by atoms with Crippen LogP contribution in [0.1, 0.15) is 11.7 Å². The topological polar surface area (TPSA) is 72.5 Å². The highest BCUT2D eigenvalue weighted by Crippen LogP contribution is 2.17. The minimum absolute atomic E-state index is 0.583.